The number of alkyl halides is 3. The van der Waals surface area contributed by atoms with Crippen LogP contribution in [-0.4, -0.2) is 51.8 Å². The lowest BCUT2D eigenvalue weighted by Gasteiger charge is -2.17. The number of thiazole rings is 1. The third-order valence-corrected chi connectivity index (χ3v) is 7.98. The van der Waals surface area contributed by atoms with Crippen LogP contribution in [0.25, 0.3) is 11.3 Å². The lowest BCUT2D eigenvalue weighted by atomic mass is 10.0. The van der Waals surface area contributed by atoms with Gasteiger partial charge in [-0.2, -0.15) is 13.2 Å². The van der Waals surface area contributed by atoms with E-state index in [0.717, 1.165) is 22.8 Å². The van der Waals surface area contributed by atoms with Crippen LogP contribution < -0.4 is 10.6 Å². The normalized spacial score (nSPS) is 11.0. The van der Waals surface area contributed by atoms with Gasteiger partial charge in [-0.3, -0.25) is 19.6 Å². The lowest BCUT2D eigenvalue weighted by molar-refractivity contribution is -0.137. The third kappa shape index (κ3) is 11.1. The summed E-state index contributed by atoms with van der Waals surface area (Å²) in [4.78, 5) is 40.7. The van der Waals surface area contributed by atoms with Gasteiger partial charge in [0, 0.05) is 60.3 Å². The van der Waals surface area contributed by atoms with Crippen LogP contribution in [0.5, 0.6) is 0 Å². The van der Waals surface area contributed by atoms with E-state index in [4.69, 9.17) is 0 Å². The van der Waals surface area contributed by atoms with E-state index in [1.807, 2.05) is 30.5 Å². The number of nitrogens with one attached hydrogen (secondary N) is 2. The molecule has 0 radical (unpaired) electrons. The first-order chi connectivity index (χ1) is 23.0. The first kappa shape index (κ1) is 35.9. The molecule has 0 fully saturated rings. The van der Waals surface area contributed by atoms with E-state index < -0.39 is 11.7 Å². The molecular weight excluding hydrogens is 637 g/mol. The van der Waals surface area contributed by atoms with Crippen LogP contribution in [0, 0.1) is 13.8 Å². The van der Waals surface area contributed by atoms with E-state index in [9.17, 15) is 22.8 Å². The zero-order chi connectivity index (χ0) is 34.5. The minimum atomic E-state index is -4.38. The monoisotopic (exact) mass is 674 g/mol. The topological polar surface area (TPSA) is 100 Å². The summed E-state index contributed by atoms with van der Waals surface area (Å²) in [6.07, 6.45) is 0.800. The number of rotatable bonds is 11. The molecule has 0 aliphatic carbocycles. The Morgan fingerprint density at radius 1 is 0.917 bits per heavy atom. The SMILES string of the molecule is Cc1ccccc1.Cc1csc(CN(C)C(=O)c2cc(C(=O)NCCCNCc3cccc(C(F)(F)F)c3)cc(-c3cnccn3)c2)n1. The van der Waals surface area contributed by atoms with Gasteiger partial charge < -0.3 is 15.5 Å². The minimum absolute atomic E-state index is 0.267. The smallest absolute Gasteiger partial charge is 0.352 e. The molecule has 3 aromatic carbocycles. The Hall–Kier alpha value is -4.94. The van der Waals surface area contributed by atoms with Gasteiger partial charge in [-0.05, 0) is 56.6 Å². The molecule has 8 nitrogen and oxygen atoms in total. The van der Waals surface area contributed by atoms with Crippen molar-refractivity contribution < 1.29 is 22.8 Å². The maximum atomic E-state index is 13.3. The van der Waals surface area contributed by atoms with Crippen molar-refractivity contribution in [3.05, 3.63) is 135 Å². The highest BCUT2D eigenvalue weighted by molar-refractivity contribution is 7.09. The Balaban J connectivity index is 0.000000659. The number of hydrogen-bond acceptors (Lipinski definition) is 7. The summed E-state index contributed by atoms with van der Waals surface area (Å²) < 4.78 is 38.7. The fourth-order valence-corrected chi connectivity index (χ4v) is 5.41. The zero-order valence-electron chi connectivity index (χ0n) is 26.9. The van der Waals surface area contributed by atoms with E-state index in [0.29, 0.717) is 54.0 Å². The van der Waals surface area contributed by atoms with Crippen molar-refractivity contribution in [2.24, 2.45) is 0 Å². The van der Waals surface area contributed by atoms with E-state index in [2.05, 4.69) is 44.6 Å². The molecule has 12 heteroatoms. The van der Waals surface area contributed by atoms with Gasteiger partial charge in [0.2, 0.25) is 0 Å². The number of aryl methyl sites for hydroxylation is 2. The molecule has 0 bridgehead atoms. The zero-order valence-corrected chi connectivity index (χ0v) is 27.7. The van der Waals surface area contributed by atoms with Crippen molar-refractivity contribution in [1.82, 2.24) is 30.5 Å². The maximum Gasteiger partial charge on any atom is 0.416 e. The number of halogens is 3. The molecule has 0 saturated carbocycles. The fraction of sp³-hybridized carbons (Fsp3) is 0.250. The fourth-order valence-electron chi connectivity index (χ4n) is 4.59. The molecule has 5 aromatic rings. The number of amides is 2. The molecule has 250 valence electrons. The average Bonchev–Trinajstić information content (AvgIpc) is 3.50. The Bertz CT molecular complexity index is 1780. The van der Waals surface area contributed by atoms with Crippen LogP contribution in [0.3, 0.4) is 0 Å². The van der Waals surface area contributed by atoms with Crippen LogP contribution in [0.1, 0.15) is 54.5 Å². The van der Waals surface area contributed by atoms with Gasteiger partial charge in [0.15, 0.2) is 0 Å². The molecule has 0 atom stereocenters. The molecular formula is C36H37F3N6O2S. The number of benzene rings is 3. The molecule has 48 heavy (non-hydrogen) atoms. The molecule has 2 aromatic heterocycles. The van der Waals surface area contributed by atoms with Gasteiger partial charge in [-0.15, -0.1) is 11.3 Å². The number of carbonyl (C=O) groups is 2. The van der Waals surface area contributed by atoms with Crippen molar-refractivity contribution in [1.29, 1.82) is 0 Å². The summed E-state index contributed by atoms with van der Waals surface area (Å²) in [5.74, 6) is -0.627. The van der Waals surface area contributed by atoms with Crippen molar-refractivity contribution in [2.45, 2.75) is 39.5 Å². The molecule has 0 aliphatic rings. The van der Waals surface area contributed by atoms with Crippen molar-refractivity contribution in [2.75, 3.05) is 20.1 Å². The van der Waals surface area contributed by atoms with E-state index in [1.165, 1.54) is 35.4 Å². The van der Waals surface area contributed by atoms with Crippen molar-refractivity contribution >= 4 is 23.2 Å². The second kappa shape index (κ2) is 17.3. The van der Waals surface area contributed by atoms with Gasteiger partial charge >= 0.3 is 6.18 Å². The van der Waals surface area contributed by atoms with Crippen LogP contribution >= 0.6 is 11.3 Å². The Morgan fingerprint density at radius 3 is 2.33 bits per heavy atom. The van der Waals surface area contributed by atoms with Gasteiger partial charge in [-0.25, -0.2) is 4.98 Å². The summed E-state index contributed by atoms with van der Waals surface area (Å²) in [6.45, 7) is 5.40. The standard InChI is InChI=1S/C29H29F3N6O2S.C7H8/c1-19-18-41-26(37-19)17-38(2)28(40)23-13-21(25-16-34-9-10-35-25)12-22(14-23)27(39)36-8-4-7-33-15-20-5-3-6-24(11-20)29(30,31)32;1-7-5-3-2-4-6-7/h3,5-6,9-14,16,18,33H,4,7-8,15,17H2,1-2H3,(H,36,39);2-6H,1H3. The minimum Gasteiger partial charge on any atom is -0.352 e. The quantitative estimate of drug-likeness (QED) is 0.145. The summed E-state index contributed by atoms with van der Waals surface area (Å²) in [6, 6.07) is 20.3. The van der Waals surface area contributed by atoms with Crippen molar-refractivity contribution in [3.8, 4) is 11.3 Å². The predicted octanol–water partition coefficient (Wildman–Crippen LogP) is 7.10. The van der Waals surface area contributed by atoms with Gasteiger partial charge in [0.05, 0.1) is 24.0 Å². The molecule has 0 spiro atoms. The highest BCUT2D eigenvalue weighted by Gasteiger charge is 2.30. The summed E-state index contributed by atoms with van der Waals surface area (Å²) in [7, 11) is 1.68. The molecule has 2 heterocycles. The predicted molar refractivity (Wildman–Crippen MR) is 181 cm³/mol. The molecule has 0 saturated heterocycles. The number of aromatic nitrogens is 3. The van der Waals surface area contributed by atoms with E-state index in [1.54, 1.807) is 42.4 Å². The van der Waals surface area contributed by atoms with Crippen LogP contribution in [0.4, 0.5) is 13.2 Å². The number of carbonyl (C=O) groups excluding carboxylic acids is 2. The summed E-state index contributed by atoms with van der Waals surface area (Å²) in [5, 5.41) is 8.67. The second-order valence-electron chi connectivity index (χ2n) is 11.1. The first-order valence-electron chi connectivity index (χ1n) is 15.2. The second-order valence-corrected chi connectivity index (χ2v) is 12.0. The Labute approximate surface area is 282 Å². The molecule has 2 amide bonds. The molecule has 2 N–H and O–H groups in total. The number of hydrogen-bond donors (Lipinski definition) is 2. The van der Waals surface area contributed by atoms with Crippen molar-refractivity contribution in [3.63, 3.8) is 0 Å². The number of nitrogens with zero attached hydrogens (tertiary/aromatic N) is 4. The molecule has 0 unspecified atom stereocenters. The van der Waals surface area contributed by atoms with Crippen LogP contribution in [-0.2, 0) is 19.3 Å². The molecule has 0 aliphatic heterocycles. The highest BCUT2D eigenvalue weighted by Crippen LogP contribution is 2.29. The maximum absolute atomic E-state index is 13.3. The summed E-state index contributed by atoms with van der Waals surface area (Å²) >= 11 is 1.48. The Kier molecular flexibility index (Phi) is 12.9. The Morgan fingerprint density at radius 2 is 1.69 bits per heavy atom. The average molecular weight is 675 g/mol. The van der Waals surface area contributed by atoms with Gasteiger partial charge in [0.25, 0.3) is 11.8 Å². The van der Waals surface area contributed by atoms with Crippen LogP contribution in [0.15, 0.2) is 96.8 Å². The van der Waals surface area contributed by atoms with Gasteiger partial charge in [0.1, 0.15) is 5.01 Å². The van der Waals surface area contributed by atoms with Gasteiger partial charge in [-0.1, -0.05) is 54.1 Å². The first-order valence-corrected chi connectivity index (χ1v) is 16.1. The third-order valence-electron chi connectivity index (χ3n) is 7.03. The molecule has 5 rings (SSSR count). The lowest BCUT2D eigenvalue weighted by Crippen LogP contribution is -2.29. The highest BCUT2D eigenvalue weighted by atomic mass is 32.1. The largest absolute Gasteiger partial charge is 0.416 e. The van der Waals surface area contributed by atoms with E-state index in [-0.39, 0.29) is 18.4 Å². The van der Waals surface area contributed by atoms with E-state index >= 15 is 0 Å². The summed E-state index contributed by atoms with van der Waals surface area (Å²) in [5.41, 5.74) is 3.78. The van der Waals surface area contributed by atoms with Crippen LogP contribution in [0.2, 0.25) is 0 Å².